The Morgan fingerprint density at radius 3 is 2.64 bits per heavy atom. The van der Waals surface area contributed by atoms with Crippen LogP contribution in [0.2, 0.25) is 0 Å². The van der Waals surface area contributed by atoms with E-state index >= 15 is 0 Å². The molecule has 1 aromatic heterocycles. The zero-order valence-electron chi connectivity index (χ0n) is 8.23. The van der Waals surface area contributed by atoms with E-state index in [1.54, 1.807) is 13.1 Å². The van der Waals surface area contributed by atoms with Crippen LogP contribution >= 0.6 is 0 Å². The molecule has 14 heavy (non-hydrogen) atoms. The van der Waals surface area contributed by atoms with E-state index in [-0.39, 0.29) is 11.5 Å². The molecule has 0 aromatic carbocycles. The second-order valence-electron chi connectivity index (χ2n) is 3.56. The predicted molar refractivity (Wildman–Crippen MR) is 55.3 cm³/mol. The van der Waals surface area contributed by atoms with Gasteiger partial charge in [0.1, 0.15) is 5.82 Å². The van der Waals surface area contributed by atoms with Gasteiger partial charge < -0.3 is 10.6 Å². The van der Waals surface area contributed by atoms with Crippen LogP contribution in [-0.4, -0.2) is 22.6 Å². The van der Waals surface area contributed by atoms with Crippen molar-refractivity contribution in [3.63, 3.8) is 0 Å². The Kier molecular flexibility index (Phi) is 2.15. The summed E-state index contributed by atoms with van der Waals surface area (Å²) < 4.78 is 1.35. The third kappa shape index (κ3) is 1.45. The summed E-state index contributed by atoms with van der Waals surface area (Å²) in [6, 6.07) is 1.54. The fourth-order valence-electron chi connectivity index (χ4n) is 1.65. The summed E-state index contributed by atoms with van der Waals surface area (Å²) >= 11 is 0. The molecular weight excluding hydrogens is 180 g/mol. The minimum absolute atomic E-state index is 0.0978. The minimum atomic E-state index is -0.0978. The molecule has 1 aliphatic heterocycles. The van der Waals surface area contributed by atoms with Crippen LogP contribution in [0.1, 0.15) is 12.8 Å². The van der Waals surface area contributed by atoms with Gasteiger partial charge in [0.2, 0.25) is 5.95 Å². The highest BCUT2D eigenvalue weighted by molar-refractivity contribution is 5.42. The molecule has 0 atom stereocenters. The summed E-state index contributed by atoms with van der Waals surface area (Å²) in [7, 11) is 1.62. The summed E-state index contributed by atoms with van der Waals surface area (Å²) in [5.74, 6) is 0.988. The van der Waals surface area contributed by atoms with Crippen LogP contribution in [0, 0.1) is 0 Å². The number of nitrogens with two attached hydrogens (primary N) is 1. The molecular formula is C9H14N4O. The van der Waals surface area contributed by atoms with E-state index in [2.05, 4.69) is 9.88 Å². The summed E-state index contributed by atoms with van der Waals surface area (Å²) in [5, 5.41) is 0. The van der Waals surface area contributed by atoms with Gasteiger partial charge in [-0.1, -0.05) is 0 Å². The van der Waals surface area contributed by atoms with E-state index in [4.69, 9.17) is 5.73 Å². The largest absolute Gasteiger partial charge is 0.369 e. The van der Waals surface area contributed by atoms with Crippen LogP contribution in [0.5, 0.6) is 0 Å². The Morgan fingerprint density at radius 1 is 1.43 bits per heavy atom. The highest BCUT2D eigenvalue weighted by atomic mass is 16.1. The molecule has 0 radical (unpaired) electrons. The number of aromatic nitrogens is 2. The van der Waals surface area contributed by atoms with Gasteiger partial charge in [-0.3, -0.25) is 9.36 Å². The van der Waals surface area contributed by atoms with E-state index in [0.29, 0.717) is 5.82 Å². The monoisotopic (exact) mass is 194 g/mol. The average Bonchev–Trinajstić information content (AvgIpc) is 2.66. The maximum Gasteiger partial charge on any atom is 0.256 e. The van der Waals surface area contributed by atoms with Crippen LogP contribution in [0.15, 0.2) is 10.9 Å². The van der Waals surface area contributed by atoms with Crippen LogP contribution in [-0.2, 0) is 7.05 Å². The first-order chi connectivity index (χ1) is 6.68. The Morgan fingerprint density at radius 2 is 2.07 bits per heavy atom. The standard InChI is InChI=1S/C9H14N4O/c1-12-8(14)6-7(11-9(12)10)13-4-2-3-5-13/h6H,2-5H2,1H3,(H2,10,11). The smallest absolute Gasteiger partial charge is 0.256 e. The average molecular weight is 194 g/mol. The van der Waals surface area contributed by atoms with Gasteiger partial charge in [0.05, 0.1) is 0 Å². The van der Waals surface area contributed by atoms with Crippen molar-refractivity contribution in [2.45, 2.75) is 12.8 Å². The van der Waals surface area contributed by atoms with Gasteiger partial charge in [-0.15, -0.1) is 0 Å². The molecule has 1 fully saturated rings. The number of rotatable bonds is 1. The Hall–Kier alpha value is -1.52. The number of hydrogen-bond acceptors (Lipinski definition) is 4. The van der Waals surface area contributed by atoms with Crippen LogP contribution in [0.25, 0.3) is 0 Å². The third-order valence-corrected chi connectivity index (χ3v) is 2.59. The number of nitrogens with zero attached hydrogens (tertiary/aromatic N) is 3. The molecule has 1 aromatic rings. The van der Waals surface area contributed by atoms with Crippen molar-refractivity contribution in [1.29, 1.82) is 0 Å². The number of hydrogen-bond donors (Lipinski definition) is 1. The molecule has 5 nitrogen and oxygen atoms in total. The molecule has 5 heteroatoms. The predicted octanol–water partition coefficient (Wildman–Crippen LogP) is -0.0373. The SMILES string of the molecule is Cn1c(N)nc(N2CCCC2)cc1=O. The Bertz CT molecular complexity index is 392. The molecule has 0 aliphatic carbocycles. The molecule has 2 heterocycles. The van der Waals surface area contributed by atoms with Crippen molar-refractivity contribution in [2.24, 2.45) is 7.05 Å². The van der Waals surface area contributed by atoms with Gasteiger partial charge in [-0.05, 0) is 12.8 Å². The molecule has 1 aliphatic rings. The summed E-state index contributed by atoms with van der Waals surface area (Å²) in [5.41, 5.74) is 5.52. The van der Waals surface area contributed by atoms with Gasteiger partial charge in [-0.2, -0.15) is 4.98 Å². The van der Waals surface area contributed by atoms with Gasteiger partial charge in [0.25, 0.3) is 5.56 Å². The van der Waals surface area contributed by atoms with Gasteiger partial charge in [0, 0.05) is 26.2 Å². The lowest BCUT2D eigenvalue weighted by molar-refractivity contribution is 0.825. The van der Waals surface area contributed by atoms with E-state index in [1.165, 1.54) is 4.57 Å². The Balaban J connectivity index is 2.39. The van der Waals surface area contributed by atoms with E-state index in [9.17, 15) is 4.79 Å². The van der Waals surface area contributed by atoms with Crippen molar-refractivity contribution in [2.75, 3.05) is 23.7 Å². The van der Waals surface area contributed by atoms with Crippen molar-refractivity contribution in [1.82, 2.24) is 9.55 Å². The van der Waals surface area contributed by atoms with Crippen LogP contribution in [0.4, 0.5) is 11.8 Å². The first kappa shape index (κ1) is 9.05. The lowest BCUT2D eigenvalue weighted by atomic mass is 10.4. The van der Waals surface area contributed by atoms with Gasteiger partial charge in [0.15, 0.2) is 0 Å². The fraction of sp³-hybridized carbons (Fsp3) is 0.556. The number of nitrogen functional groups attached to an aromatic ring is 1. The Labute approximate surface area is 82.2 Å². The van der Waals surface area contributed by atoms with E-state index in [1.807, 2.05) is 0 Å². The van der Waals surface area contributed by atoms with Crippen molar-refractivity contribution in [3.05, 3.63) is 16.4 Å². The molecule has 76 valence electrons. The third-order valence-electron chi connectivity index (χ3n) is 2.59. The molecule has 0 amide bonds. The maximum absolute atomic E-state index is 11.4. The molecule has 0 unspecified atom stereocenters. The van der Waals surface area contributed by atoms with Gasteiger partial charge >= 0.3 is 0 Å². The molecule has 2 N–H and O–H groups in total. The second-order valence-corrected chi connectivity index (χ2v) is 3.56. The molecule has 0 spiro atoms. The molecule has 0 saturated carbocycles. The molecule has 2 rings (SSSR count). The lowest BCUT2D eigenvalue weighted by Crippen LogP contribution is -2.26. The van der Waals surface area contributed by atoms with Crippen LogP contribution in [0.3, 0.4) is 0 Å². The second kappa shape index (κ2) is 3.32. The molecule has 0 bridgehead atoms. The first-order valence-corrected chi connectivity index (χ1v) is 4.77. The maximum atomic E-state index is 11.4. The summed E-state index contributed by atoms with van der Waals surface area (Å²) in [6.45, 7) is 1.94. The molecule has 1 saturated heterocycles. The van der Waals surface area contributed by atoms with E-state index in [0.717, 1.165) is 25.9 Å². The van der Waals surface area contributed by atoms with Crippen molar-refractivity contribution in [3.8, 4) is 0 Å². The van der Waals surface area contributed by atoms with Crippen molar-refractivity contribution < 1.29 is 0 Å². The minimum Gasteiger partial charge on any atom is -0.369 e. The fourth-order valence-corrected chi connectivity index (χ4v) is 1.65. The summed E-state index contributed by atoms with van der Waals surface area (Å²) in [6.07, 6.45) is 2.33. The topological polar surface area (TPSA) is 64.2 Å². The first-order valence-electron chi connectivity index (χ1n) is 4.77. The highest BCUT2D eigenvalue weighted by Gasteiger charge is 2.14. The summed E-state index contributed by atoms with van der Waals surface area (Å²) in [4.78, 5) is 17.7. The zero-order valence-corrected chi connectivity index (χ0v) is 8.23. The van der Waals surface area contributed by atoms with Crippen molar-refractivity contribution >= 4 is 11.8 Å². The number of anilines is 2. The van der Waals surface area contributed by atoms with Crippen LogP contribution < -0.4 is 16.2 Å². The van der Waals surface area contributed by atoms with E-state index < -0.39 is 0 Å². The lowest BCUT2D eigenvalue weighted by Gasteiger charge is -2.16. The quantitative estimate of drug-likeness (QED) is 0.681. The normalized spacial score (nSPS) is 16.2. The highest BCUT2D eigenvalue weighted by Crippen LogP contribution is 2.16. The zero-order chi connectivity index (χ0) is 10.1. The van der Waals surface area contributed by atoms with Gasteiger partial charge in [-0.25, -0.2) is 0 Å².